The molecule has 1 saturated carbocycles. The highest BCUT2D eigenvalue weighted by atomic mass is 16.2. The van der Waals surface area contributed by atoms with E-state index in [-0.39, 0.29) is 29.2 Å². The van der Waals surface area contributed by atoms with E-state index >= 15 is 0 Å². The van der Waals surface area contributed by atoms with Gasteiger partial charge in [-0.3, -0.25) is 9.59 Å². The third-order valence-electron chi connectivity index (χ3n) is 3.44. The van der Waals surface area contributed by atoms with Gasteiger partial charge < -0.3 is 15.6 Å². The number of nitrogens with zero attached hydrogens (tertiary/aromatic N) is 1. The van der Waals surface area contributed by atoms with Crippen molar-refractivity contribution in [1.82, 2.24) is 20.6 Å². The van der Waals surface area contributed by atoms with Gasteiger partial charge in [0.05, 0.1) is 6.33 Å². The molecule has 0 bridgehead atoms. The summed E-state index contributed by atoms with van der Waals surface area (Å²) in [6, 6.07) is 0.214. The molecule has 0 unspecified atom stereocenters. The first-order valence-electron chi connectivity index (χ1n) is 7.20. The van der Waals surface area contributed by atoms with Crippen LogP contribution in [0.2, 0.25) is 0 Å². The number of H-pyrrole nitrogens is 1. The SMILES string of the molecule is CC(C)CNC(=O)c1[nH]cnc1C(=O)NC1CCCC1. The van der Waals surface area contributed by atoms with E-state index in [1.165, 1.54) is 6.33 Å². The van der Waals surface area contributed by atoms with Crippen molar-refractivity contribution >= 4 is 11.8 Å². The number of hydrogen-bond donors (Lipinski definition) is 3. The molecule has 0 spiro atoms. The van der Waals surface area contributed by atoms with Gasteiger partial charge in [-0.25, -0.2) is 4.98 Å². The van der Waals surface area contributed by atoms with Crippen LogP contribution in [-0.2, 0) is 0 Å². The summed E-state index contributed by atoms with van der Waals surface area (Å²) in [5, 5.41) is 5.72. The third-order valence-corrected chi connectivity index (χ3v) is 3.44. The third kappa shape index (κ3) is 3.59. The first-order valence-corrected chi connectivity index (χ1v) is 7.20. The van der Waals surface area contributed by atoms with Crippen LogP contribution >= 0.6 is 0 Å². The van der Waals surface area contributed by atoms with Crippen molar-refractivity contribution in [2.24, 2.45) is 5.92 Å². The van der Waals surface area contributed by atoms with Gasteiger partial charge in [0, 0.05) is 12.6 Å². The summed E-state index contributed by atoms with van der Waals surface area (Å²) >= 11 is 0. The van der Waals surface area contributed by atoms with Crippen LogP contribution in [0.15, 0.2) is 6.33 Å². The van der Waals surface area contributed by atoms with Gasteiger partial charge in [0.1, 0.15) is 5.69 Å². The number of aromatic nitrogens is 2. The van der Waals surface area contributed by atoms with Gasteiger partial charge in [0.15, 0.2) is 5.69 Å². The lowest BCUT2D eigenvalue weighted by molar-refractivity contribution is 0.0903. The van der Waals surface area contributed by atoms with Crippen LogP contribution in [0.3, 0.4) is 0 Å². The number of rotatable bonds is 5. The summed E-state index contributed by atoms with van der Waals surface area (Å²) in [5.41, 5.74) is 0.416. The Morgan fingerprint density at radius 2 is 2.05 bits per heavy atom. The van der Waals surface area contributed by atoms with Crippen LogP contribution in [0.5, 0.6) is 0 Å². The lowest BCUT2D eigenvalue weighted by Gasteiger charge is -2.11. The fraction of sp³-hybridized carbons (Fsp3) is 0.643. The number of aromatic amines is 1. The minimum absolute atomic E-state index is 0.179. The summed E-state index contributed by atoms with van der Waals surface area (Å²) in [7, 11) is 0. The van der Waals surface area contributed by atoms with Crippen LogP contribution in [0.25, 0.3) is 0 Å². The van der Waals surface area contributed by atoms with Crippen molar-refractivity contribution in [3.05, 3.63) is 17.7 Å². The molecule has 0 aromatic carbocycles. The van der Waals surface area contributed by atoms with Crippen LogP contribution < -0.4 is 10.6 Å². The Kier molecular flexibility index (Phi) is 4.76. The van der Waals surface area contributed by atoms with Crippen molar-refractivity contribution in [3.63, 3.8) is 0 Å². The van der Waals surface area contributed by atoms with E-state index in [4.69, 9.17) is 0 Å². The molecule has 0 saturated heterocycles. The Bertz CT molecular complexity index is 475. The van der Waals surface area contributed by atoms with Crippen molar-refractivity contribution in [1.29, 1.82) is 0 Å². The summed E-state index contributed by atoms with van der Waals surface area (Å²) in [4.78, 5) is 30.9. The van der Waals surface area contributed by atoms with Gasteiger partial charge in [-0.15, -0.1) is 0 Å². The topological polar surface area (TPSA) is 86.9 Å². The summed E-state index contributed by atoms with van der Waals surface area (Å²) in [6.07, 6.45) is 5.68. The predicted octanol–water partition coefficient (Wildman–Crippen LogP) is 1.47. The standard InChI is InChI=1S/C14H22N4O2/c1-9(2)7-15-13(19)11-12(17-8-16-11)14(20)18-10-5-3-4-6-10/h8-10H,3-7H2,1-2H3,(H,15,19)(H,16,17)(H,18,20). The van der Waals surface area contributed by atoms with Crippen LogP contribution in [0.1, 0.15) is 60.5 Å². The maximum absolute atomic E-state index is 12.2. The molecule has 20 heavy (non-hydrogen) atoms. The molecule has 3 N–H and O–H groups in total. The van der Waals surface area contributed by atoms with E-state index in [9.17, 15) is 9.59 Å². The zero-order valence-corrected chi connectivity index (χ0v) is 12.0. The van der Waals surface area contributed by atoms with Crippen LogP contribution in [0.4, 0.5) is 0 Å². The van der Waals surface area contributed by atoms with E-state index in [1.54, 1.807) is 0 Å². The van der Waals surface area contributed by atoms with Crippen molar-refractivity contribution in [3.8, 4) is 0 Å². The van der Waals surface area contributed by atoms with E-state index < -0.39 is 0 Å². The Labute approximate surface area is 118 Å². The molecule has 6 heteroatoms. The fourth-order valence-electron chi connectivity index (χ4n) is 2.35. The molecule has 1 aromatic rings. The summed E-state index contributed by atoms with van der Waals surface area (Å²) < 4.78 is 0. The number of nitrogens with one attached hydrogen (secondary N) is 3. The highest BCUT2D eigenvalue weighted by Crippen LogP contribution is 2.18. The predicted molar refractivity (Wildman–Crippen MR) is 75.5 cm³/mol. The number of imidazole rings is 1. The molecular formula is C14H22N4O2. The smallest absolute Gasteiger partial charge is 0.272 e. The van der Waals surface area contributed by atoms with Crippen molar-refractivity contribution < 1.29 is 9.59 Å². The molecule has 1 fully saturated rings. The number of carbonyl (C=O) groups is 2. The lowest BCUT2D eigenvalue weighted by Crippen LogP contribution is -2.35. The van der Waals surface area contributed by atoms with Gasteiger partial charge in [0.25, 0.3) is 11.8 Å². The second-order valence-electron chi connectivity index (χ2n) is 5.68. The molecule has 0 atom stereocenters. The largest absolute Gasteiger partial charge is 0.350 e. The van der Waals surface area contributed by atoms with E-state index in [0.29, 0.717) is 12.5 Å². The molecule has 0 radical (unpaired) electrons. The molecule has 0 aliphatic heterocycles. The summed E-state index contributed by atoms with van der Waals surface area (Å²) in [6.45, 7) is 4.60. The van der Waals surface area contributed by atoms with E-state index in [1.807, 2.05) is 13.8 Å². The molecule has 6 nitrogen and oxygen atoms in total. The van der Waals surface area contributed by atoms with Crippen LogP contribution in [-0.4, -0.2) is 34.4 Å². The minimum Gasteiger partial charge on any atom is -0.350 e. The Hall–Kier alpha value is -1.85. The molecule has 110 valence electrons. The average molecular weight is 278 g/mol. The molecule has 2 rings (SSSR count). The van der Waals surface area contributed by atoms with Gasteiger partial charge in [-0.1, -0.05) is 26.7 Å². The normalized spacial score (nSPS) is 15.6. The Morgan fingerprint density at radius 1 is 1.35 bits per heavy atom. The monoisotopic (exact) mass is 278 g/mol. The average Bonchev–Trinajstić information content (AvgIpc) is 3.05. The highest BCUT2D eigenvalue weighted by molar-refractivity contribution is 6.04. The highest BCUT2D eigenvalue weighted by Gasteiger charge is 2.23. The molecule has 1 heterocycles. The second-order valence-corrected chi connectivity index (χ2v) is 5.68. The molecular weight excluding hydrogens is 256 g/mol. The molecule has 1 aromatic heterocycles. The van der Waals surface area contributed by atoms with Gasteiger partial charge in [-0.2, -0.15) is 0 Å². The number of hydrogen-bond acceptors (Lipinski definition) is 3. The summed E-state index contributed by atoms with van der Waals surface area (Å²) in [5.74, 6) is -0.196. The number of amides is 2. The fourth-order valence-corrected chi connectivity index (χ4v) is 2.35. The maximum Gasteiger partial charge on any atom is 0.272 e. The molecule has 2 amide bonds. The van der Waals surface area contributed by atoms with E-state index in [0.717, 1.165) is 25.7 Å². The van der Waals surface area contributed by atoms with Crippen LogP contribution in [0, 0.1) is 5.92 Å². The van der Waals surface area contributed by atoms with E-state index in [2.05, 4.69) is 20.6 Å². The first-order chi connectivity index (χ1) is 9.58. The van der Waals surface area contributed by atoms with Crippen molar-refractivity contribution in [2.75, 3.05) is 6.54 Å². The second kappa shape index (κ2) is 6.54. The molecule has 1 aliphatic rings. The minimum atomic E-state index is -0.284. The van der Waals surface area contributed by atoms with Gasteiger partial charge in [0.2, 0.25) is 0 Å². The maximum atomic E-state index is 12.2. The zero-order chi connectivity index (χ0) is 14.5. The number of carbonyl (C=O) groups excluding carboxylic acids is 2. The Morgan fingerprint density at radius 3 is 2.70 bits per heavy atom. The quantitative estimate of drug-likeness (QED) is 0.762. The lowest BCUT2D eigenvalue weighted by atomic mass is 10.2. The van der Waals surface area contributed by atoms with Crippen molar-refractivity contribution in [2.45, 2.75) is 45.6 Å². The zero-order valence-electron chi connectivity index (χ0n) is 12.0. The van der Waals surface area contributed by atoms with Gasteiger partial charge in [-0.05, 0) is 18.8 Å². The first kappa shape index (κ1) is 14.6. The molecule has 1 aliphatic carbocycles. The Balaban J connectivity index is 1.99. The van der Waals surface area contributed by atoms with Gasteiger partial charge >= 0.3 is 0 Å².